The number of aromatic nitrogens is 2. The molecule has 1 N–H and O–H groups in total. The number of carbonyl (C=O) groups excluding carboxylic acids is 1. The van der Waals surface area contributed by atoms with E-state index in [9.17, 15) is 4.79 Å². The second-order valence-corrected chi connectivity index (χ2v) is 9.38. The molecule has 1 saturated heterocycles. The number of carbonyl (C=O) groups is 1. The first-order valence-electron chi connectivity index (χ1n) is 12.4. The number of hydrogen-bond acceptors (Lipinski definition) is 5. The van der Waals surface area contributed by atoms with E-state index >= 15 is 0 Å². The van der Waals surface area contributed by atoms with Gasteiger partial charge in [0, 0.05) is 29.1 Å². The molecule has 1 aliphatic heterocycles. The summed E-state index contributed by atoms with van der Waals surface area (Å²) in [7, 11) is 0. The maximum absolute atomic E-state index is 12.7. The van der Waals surface area contributed by atoms with E-state index in [1.54, 1.807) is 12.4 Å². The standard InChI is InChI=1S/C29H32N4O/c34-28(15-10-22-16-18-33(19-17-22)20-23-6-2-1-3-7-23)24-11-13-25(14-12-24)32-29-26-8-4-5-9-27(26)30-21-31-29/h1-3,6-7,10-15,21-22H,4-5,8-9,16-20H2,(H,30,31,32)/b15-10+. The van der Waals surface area contributed by atoms with E-state index < -0.39 is 0 Å². The van der Waals surface area contributed by atoms with Crippen molar-refractivity contribution in [1.82, 2.24) is 14.9 Å². The minimum atomic E-state index is 0.0673. The lowest BCUT2D eigenvalue weighted by Crippen LogP contribution is -2.32. The normalized spacial score (nSPS) is 16.9. The van der Waals surface area contributed by atoms with E-state index in [1.807, 2.05) is 24.3 Å². The van der Waals surface area contributed by atoms with E-state index in [2.05, 4.69) is 56.6 Å². The molecule has 5 rings (SSSR count). The highest BCUT2D eigenvalue weighted by atomic mass is 16.1. The fourth-order valence-electron chi connectivity index (χ4n) is 4.95. The number of rotatable bonds is 7. The highest BCUT2D eigenvalue weighted by molar-refractivity contribution is 6.04. The lowest BCUT2D eigenvalue weighted by atomic mass is 9.95. The summed E-state index contributed by atoms with van der Waals surface area (Å²) >= 11 is 0. The number of anilines is 2. The number of hydrogen-bond donors (Lipinski definition) is 1. The maximum Gasteiger partial charge on any atom is 0.185 e. The average Bonchev–Trinajstić information content (AvgIpc) is 2.89. The molecule has 2 aliphatic rings. The molecule has 0 radical (unpaired) electrons. The molecule has 0 atom stereocenters. The highest BCUT2D eigenvalue weighted by Crippen LogP contribution is 2.27. The molecular weight excluding hydrogens is 420 g/mol. The molecule has 2 aromatic carbocycles. The predicted octanol–water partition coefficient (Wildman–Crippen LogP) is 5.75. The van der Waals surface area contributed by atoms with Gasteiger partial charge in [-0.05, 0) is 93.4 Å². The van der Waals surface area contributed by atoms with E-state index in [0.29, 0.717) is 11.5 Å². The molecule has 0 bridgehead atoms. The van der Waals surface area contributed by atoms with E-state index in [1.165, 1.54) is 24.0 Å². The zero-order valence-corrected chi connectivity index (χ0v) is 19.6. The molecule has 3 aromatic rings. The SMILES string of the molecule is O=C(/C=C/C1CCN(Cc2ccccc2)CC1)c1ccc(Nc2ncnc3c2CCCC3)cc1. The van der Waals surface area contributed by atoms with Crippen molar-refractivity contribution in [1.29, 1.82) is 0 Å². The Morgan fingerprint density at radius 1 is 0.971 bits per heavy atom. The molecule has 34 heavy (non-hydrogen) atoms. The Bertz CT molecular complexity index is 1130. The number of piperidine rings is 1. The number of nitrogens with one attached hydrogen (secondary N) is 1. The Kier molecular flexibility index (Phi) is 7.10. The molecular formula is C29H32N4O. The predicted molar refractivity (Wildman–Crippen MR) is 136 cm³/mol. The molecule has 2 heterocycles. The summed E-state index contributed by atoms with van der Waals surface area (Å²) in [4.78, 5) is 24.1. The summed E-state index contributed by atoms with van der Waals surface area (Å²) in [5.41, 5.74) is 5.41. The van der Waals surface area contributed by atoms with Gasteiger partial charge in [-0.15, -0.1) is 0 Å². The Labute approximate surface area is 201 Å². The van der Waals surface area contributed by atoms with E-state index in [0.717, 1.165) is 62.5 Å². The van der Waals surface area contributed by atoms with Crippen molar-refractivity contribution >= 4 is 17.3 Å². The second kappa shape index (κ2) is 10.7. The van der Waals surface area contributed by atoms with Gasteiger partial charge in [0.1, 0.15) is 12.1 Å². The Balaban J connectivity index is 1.13. The molecule has 1 aliphatic carbocycles. The number of nitrogens with zero attached hydrogens (tertiary/aromatic N) is 3. The lowest BCUT2D eigenvalue weighted by molar-refractivity contribution is 0.104. The van der Waals surface area contributed by atoms with Crippen LogP contribution in [-0.4, -0.2) is 33.7 Å². The van der Waals surface area contributed by atoms with Crippen LogP contribution in [0.2, 0.25) is 0 Å². The van der Waals surface area contributed by atoms with E-state index in [4.69, 9.17) is 0 Å². The first-order chi connectivity index (χ1) is 16.7. The molecule has 5 nitrogen and oxygen atoms in total. The van der Waals surface area contributed by atoms with Crippen LogP contribution < -0.4 is 5.32 Å². The summed E-state index contributed by atoms with van der Waals surface area (Å²) in [5.74, 6) is 1.43. The van der Waals surface area contributed by atoms with Gasteiger partial charge in [-0.2, -0.15) is 0 Å². The summed E-state index contributed by atoms with van der Waals surface area (Å²) < 4.78 is 0. The lowest BCUT2D eigenvalue weighted by Gasteiger charge is -2.30. The molecule has 0 saturated carbocycles. The van der Waals surface area contributed by atoms with E-state index in [-0.39, 0.29) is 5.78 Å². The monoisotopic (exact) mass is 452 g/mol. The zero-order valence-electron chi connectivity index (χ0n) is 19.6. The molecule has 1 aromatic heterocycles. The fraction of sp³-hybridized carbons (Fsp3) is 0.345. The quantitative estimate of drug-likeness (QED) is 0.365. The number of benzene rings is 2. The van der Waals surface area contributed by atoms with Gasteiger partial charge >= 0.3 is 0 Å². The number of aryl methyl sites for hydroxylation is 1. The third kappa shape index (κ3) is 5.60. The highest BCUT2D eigenvalue weighted by Gasteiger charge is 2.18. The first-order valence-corrected chi connectivity index (χ1v) is 12.4. The van der Waals surface area contributed by atoms with Crippen LogP contribution in [0, 0.1) is 5.92 Å². The first kappa shape index (κ1) is 22.5. The Morgan fingerprint density at radius 2 is 1.74 bits per heavy atom. The Morgan fingerprint density at radius 3 is 2.53 bits per heavy atom. The fourth-order valence-corrected chi connectivity index (χ4v) is 4.95. The van der Waals surface area contributed by atoms with Gasteiger partial charge < -0.3 is 5.32 Å². The zero-order chi connectivity index (χ0) is 23.2. The smallest absolute Gasteiger partial charge is 0.185 e. The minimum Gasteiger partial charge on any atom is -0.340 e. The summed E-state index contributed by atoms with van der Waals surface area (Å²) in [6.07, 6.45) is 12.1. The van der Waals surface area contributed by atoms with Crippen LogP contribution in [0.15, 0.2) is 73.1 Å². The number of allylic oxidation sites excluding steroid dienone is 2. The third-order valence-electron chi connectivity index (χ3n) is 6.96. The molecule has 174 valence electrons. The minimum absolute atomic E-state index is 0.0673. The van der Waals surface area contributed by atoms with Crippen molar-refractivity contribution in [2.45, 2.75) is 45.1 Å². The van der Waals surface area contributed by atoms with Gasteiger partial charge in [0.05, 0.1) is 0 Å². The van der Waals surface area contributed by atoms with Crippen molar-refractivity contribution in [2.75, 3.05) is 18.4 Å². The van der Waals surface area contributed by atoms with Crippen LogP contribution in [0.4, 0.5) is 11.5 Å². The summed E-state index contributed by atoms with van der Waals surface area (Å²) in [6.45, 7) is 3.16. The maximum atomic E-state index is 12.7. The van der Waals surface area contributed by atoms with Crippen LogP contribution in [-0.2, 0) is 19.4 Å². The van der Waals surface area contributed by atoms with Gasteiger partial charge in [-0.1, -0.05) is 36.4 Å². The average molecular weight is 453 g/mol. The summed E-state index contributed by atoms with van der Waals surface area (Å²) in [5, 5.41) is 3.42. The third-order valence-corrected chi connectivity index (χ3v) is 6.96. The van der Waals surface area contributed by atoms with Crippen LogP contribution in [0.5, 0.6) is 0 Å². The van der Waals surface area contributed by atoms with Crippen molar-refractivity contribution in [3.05, 3.63) is 95.5 Å². The number of ketones is 1. The van der Waals surface area contributed by atoms with Gasteiger partial charge in [-0.25, -0.2) is 9.97 Å². The van der Waals surface area contributed by atoms with Gasteiger partial charge in [-0.3, -0.25) is 9.69 Å². The number of likely N-dealkylation sites (tertiary alicyclic amines) is 1. The van der Waals surface area contributed by atoms with Crippen LogP contribution in [0.1, 0.15) is 52.9 Å². The largest absolute Gasteiger partial charge is 0.340 e. The second-order valence-electron chi connectivity index (χ2n) is 9.38. The molecule has 1 fully saturated rings. The van der Waals surface area contributed by atoms with Gasteiger partial charge in [0.25, 0.3) is 0 Å². The van der Waals surface area contributed by atoms with Crippen molar-refractivity contribution in [3.8, 4) is 0 Å². The van der Waals surface area contributed by atoms with Crippen molar-refractivity contribution < 1.29 is 4.79 Å². The molecule has 5 heteroatoms. The van der Waals surface area contributed by atoms with Crippen LogP contribution in [0.25, 0.3) is 0 Å². The molecule has 0 amide bonds. The Hall–Kier alpha value is -3.31. The van der Waals surface area contributed by atoms with Gasteiger partial charge in [0.15, 0.2) is 5.78 Å². The van der Waals surface area contributed by atoms with Crippen LogP contribution in [0.3, 0.4) is 0 Å². The van der Waals surface area contributed by atoms with Crippen molar-refractivity contribution in [3.63, 3.8) is 0 Å². The summed E-state index contributed by atoms with van der Waals surface area (Å²) in [6, 6.07) is 18.3. The topological polar surface area (TPSA) is 58.1 Å². The van der Waals surface area contributed by atoms with Gasteiger partial charge in [0.2, 0.25) is 0 Å². The van der Waals surface area contributed by atoms with Crippen LogP contribution >= 0.6 is 0 Å². The molecule has 0 spiro atoms. The molecule has 0 unspecified atom stereocenters. The number of fused-ring (bicyclic) bond motifs is 1. The van der Waals surface area contributed by atoms with Crippen molar-refractivity contribution in [2.24, 2.45) is 5.92 Å².